The highest BCUT2D eigenvalue weighted by Gasteiger charge is 2.15. The number of nitrogens with two attached hydrogens (primary N) is 1. The quantitative estimate of drug-likeness (QED) is 0.519. The highest BCUT2D eigenvalue weighted by atomic mass is 16.5. The average molecular weight is 411 g/mol. The second-order valence-corrected chi connectivity index (χ2v) is 6.93. The Balaban J connectivity index is 1.42. The first-order valence-electron chi connectivity index (χ1n) is 9.87. The minimum absolute atomic E-state index is 0.0297. The molecule has 0 aliphatic carbocycles. The molecule has 3 rings (SSSR count). The lowest BCUT2D eigenvalue weighted by atomic mass is 10.0. The maximum absolute atomic E-state index is 12.2. The number of hydrogen-bond acceptors (Lipinski definition) is 5. The van der Waals surface area contributed by atoms with Gasteiger partial charge in [0.25, 0.3) is 0 Å². The Bertz CT molecular complexity index is 929. The van der Waals surface area contributed by atoms with Crippen LogP contribution >= 0.6 is 0 Å². The van der Waals surface area contributed by atoms with E-state index in [2.05, 4.69) is 10.6 Å². The first-order valence-corrected chi connectivity index (χ1v) is 9.87. The van der Waals surface area contributed by atoms with E-state index in [-0.39, 0.29) is 31.3 Å². The molecule has 2 aromatic rings. The Morgan fingerprint density at radius 2 is 1.87 bits per heavy atom. The van der Waals surface area contributed by atoms with Gasteiger partial charge in [0.15, 0.2) is 0 Å². The molecule has 0 unspecified atom stereocenters. The zero-order valence-corrected chi connectivity index (χ0v) is 16.6. The van der Waals surface area contributed by atoms with Crippen LogP contribution in [0.3, 0.4) is 0 Å². The molecule has 1 aliphatic rings. The van der Waals surface area contributed by atoms with Crippen molar-refractivity contribution in [2.45, 2.75) is 32.1 Å². The Hall–Kier alpha value is -3.55. The Morgan fingerprint density at radius 3 is 2.70 bits per heavy atom. The minimum atomic E-state index is -0.444. The molecule has 0 atom stereocenters. The predicted molar refractivity (Wildman–Crippen MR) is 112 cm³/mol. The van der Waals surface area contributed by atoms with Gasteiger partial charge in [-0.3, -0.25) is 14.4 Å². The van der Waals surface area contributed by atoms with Crippen LogP contribution in [0.1, 0.15) is 31.2 Å². The topological polar surface area (TPSA) is 120 Å². The van der Waals surface area contributed by atoms with Gasteiger partial charge in [-0.1, -0.05) is 12.1 Å². The number of fused-ring (bicyclic) bond motifs is 1. The molecule has 158 valence electrons. The van der Waals surface area contributed by atoms with Crippen LogP contribution in [0.5, 0.6) is 11.5 Å². The van der Waals surface area contributed by atoms with Gasteiger partial charge in [-0.2, -0.15) is 0 Å². The lowest BCUT2D eigenvalue weighted by Gasteiger charge is -2.17. The van der Waals surface area contributed by atoms with Gasteiger partial charge in [0.05, 0.1) is 25.3 Å². The molecule has 8 nitrogen and oxygen atoms in total. The van der Waals surface area contributed by atoms with E-state index in [0.717, 1.165) is 17.0 Å². The summed E-state index contributed by atoms with van der Waals surface area (Å²) in [4.78, 5) is 34.5. The number of anilines is 2. The third kappa shape index (κ3) is 6.23. The summed E-state index contributed by atoms with van der Waals surface area (Å²) >= 11 is 0. The third-order valence-electron chi connectivity index (χ3n) is 4.56. The zero-order chi connectivity index (χ0) is 21.3. The molecule has 0 aromatic heterocycles. The van der Waals surface area contributed by atoms with E-state index in [1.54, 1.807) is 24.3 Å². The van der Waals surface area contributed by atoms with Gasteiger partial charge in [0, 0.05) is 18.5 Å². The highest BCUT2D eigenvalue weighted by molar-refractivity contribution is 5.94. The monoisotopic (exact) mass is 411 g/mol. The van der Waals surface area contributed by atoms with Crippen molar-refractivity contribution < 1.29 is 23.9 Å². The van der Waals surface area contributed by atoms with Gasteiger partial charge >= 0.3 is 0 Å². The number of para-hydroxylation sites is 2. The van der Waals surface area contributed by atoms with Crippen LogP contribution < -0.4 is 25.8 Å². The maximum Gasteiger partial charge on any atom is 0.224 e. The molecule has 30 heavy (non-hydrogen) atoms. The van der Waals surface area contributed by atoms with E-state index in [1.807, 2.05) is 18.2 Å². The van der Waals surface area contributed by atoms with Crippen molar-refractivity contribution in [2.75, 3.05) is 23.8 Å². The van der Waals surface area contributed by atoms with Crippen molar-refractivity contribution in [2.24, 2.45) is 5.73 Å². The summed E-state index contributed by atoms with van der Waals surface area (Å²) in [6, 6.07) is 12.6. The predicted octanol–water partition coefficient (Wildman–Crippen LogP) is 2.62. The summed E-state index contributed by atoms with van der Waals surface area (Å²) in [5.41, 5.74) is 7.54. The van der Waals surface area contributed by atoms with Gasteiger partial charge in [0.1, 0.15) is 11.5 Å². The maximum atomic E-state index is 12.2. The molecule has 1 aliphatic heterocycles. The van der Waals surface area contributed by atoms with Crippen molar-refractivity contribution in [3.05, 3.63) is 48.0 Å². The van der Waals surface area contributed by atoms with Crippen molar-refractivity contribution in [1.29, 1.82) is 0 Å². The van der Waals surface area contributed by atoms with Crippen molar-refractivity contribution >= 4 is 29.1 Å². The molecule has 3 amide bonds. The minimum Gasteiger partial charge on any atom is -0.494 e. The lowest BCUT2D eigenvalue weighted by molar-refractivity contribution is -0.119. The lowest BCUT2D eigenvalue weighted by Crippen LogP contribution is -2.18. The van der Waals surface area contributed by atoms with Gasteiger partial charge in [-0.05, 0) is 48.7 Å². The number of primary amides is 1. The molecule has 8 heteroatoms. The first kappa shape index (κ1) is 21.2. The molecule has 2 aromatic carbocycles. The average Bonchev–Trinajstić information content (AvgIpc) is 2.72. The molecule has 4 N–H and O–H groups in total. The van der Waals surface area contributed by atoms with E-state index in [0.29, 0.717) is 37.3 Å². The molecule has 0 saturated carbocycles. The Morgan fingerprint density at radius 1 is 1.03 bits per heavy atom. The van der Waals surface area contributed by atoms with E-state index >= 15 is 0 Å². The van der Waals surface area contributed by atoms with Crippen LogP contribution in [-0.2, 0) is 20.8 Å². The van der Waals surface area contributed by atoms with Gasteiger partial charge in [-0.25, -0.2) is 0 Å². The van der Waals surface area contributed by atoms with Gasteiger partial charge in [0.2, 0.25) is 17.7 Å². The van der Waals surface area contributed by atoms with Crippen LogP contribution in [0.2, 0.25) is 0 Å². The van der Waals surface area contributed by atoms with Crippen LogP contribution in [0.4, 0.5) is 11.4 Å². The summed E-state index contributed by atoms with van der Waals surface area (Å²) in [5.74, 6) is 0.642. The summed E-state index contributed by atoms with van der Waals surface area (Å²) in [5, 5.41) is 5.65. The van der Waals surface area contributed by atoms with E-state index in [1.165, 1.54) is 0 Å². The van der Waals surface area contributed by atoms with Crippen LogP contribution in [0.15, 0.2) is 42.5 Å². The third-order valence-corrected chi connectivity index (χ3v) is 4.56. The van der Waals surface area contributed by atoms with Gasteiger partial charge < -0.3 is 25.8 Å². The molecular formula is C22H25N3O5. The van der Waals surface area contributed by atoms with E-state index in [4.69, 9.17) is 15.2 Å². The standard InChI is InChI=1S/C22H25N3O5/c23-20(26)11-13-30-19-5-2-1-4-18(19)25-21(27)6-3-12-29-16-8-9-17-15(14-16)7-10-22(28)24-17/h1-2,4-5,8-9,14H,3,6-7,10-13H2,(H2,23,26)(H,24,28)(H,25,27). The summed E-state index contributed by atoms with van der Waals surface area (Å²) in [7, 11) is 0. The van der Waals surface area contributed by atoms with Crippen LogP contribution in [0.25, 0.3) is 0 Å². The smallest absolute Gasteiger partial charge is 0.224 e. The van der Waals surface area contributed by atoms with Gasteiger partial charge in [-0.15, -0.1) is 0 Å². The SMILES string of the molecule is NC(=O)CCOc1ccccc1NC(=O)CCCOc1ccc2c(c1)CCC(=O)N2. The fourth-order valence-corrected chi connectivity index (χ4v) is 3.04. The number of benzene rings is 2. The molecule has 1 heterocycles. The fourth-order valence-electron chi connectivity index (χ4n) is 3.04. The summed E-state index contributed by atoms with van der Waals surface area (Å²) in [6.45, 7) is 0.551. The molecular weight excluding hydrogens is 386 g/mol. The number of hydrogen-bond donors (Lipinski definition) is 3. The number of nitrogens with one attached hydrogen (secondary N) is 2. The Kier molecular flexibility index (Phi) is 7.26. The number of carbonyl (C=O) groups excluding carboxylic acids is 3. The normalized spacial score (nSPS) is 12.5. The number of aryl methyl sites for hydroxylation is 1. The molecule has 0 radical (unpaired) electrons. The van der Waals surface area contributed by atoms with Crippen molar-refractivity contribution in [1.82, 2.24) is 0 Å². The fraction of sp³-hybridized carbons (Fsp3) is 0.318. The largest absolute Gasteiger partial charge is 0.494 e. The zero-order valence-electron chi connectivity index (χ0n) is 16.6. The highest BCUT2D eigenvalue weighted by Crippen LogP contribution is 2.27. The van der Waals surface area contributed by atoms with Crippen LogP contribution in [-0.4, -0.2) is 30.9 Å². The summed E-state index contributed by atoms with van der Waals surface area (Å²) in [6.07, 6.45) is 2.11. The Labute approximate surface area is 174 Å². The number of amides is 3. The second-order valence-electron chi connectivity index (χ2n) is 6.93. The molecule has 0 spiro atoms. The van der Waals surface area contributed by atoms with E-state index < -0.39 is 5.91 Å². The van der Waals surface area contributed by atoms with E-state index in [9.17, 15) is 14.4 Å². The van der Waals surface area contributed by atoms with Crippen LogP contribution in [0, 0.1) is 0 Å². The second kappa shape index (κ2) is 10.3. The molecule has 0 fully saturated rings. The molecule has 0 bridgehead atoms. The number of rotatable bonds is 10. The molecule has 0 saturated heterocycles. The summed E-state index contributed by atoms with van der Waals surface area (Å²) < 4.78 is 11.3. The van der Waals surface area contributed by atoms with Crippen molar-refractivity contribution in [3.63, 3.8) is 0 Å². The first-order chi connectivity index (χ1) is 14.5. The number of ether oxygens (including phenoxy) is 2. The van der Waals surface area contributed by atoms with Crippen molar-refractivity contribution in [3.8, 4) is 11.5 Å². The number of carbonyl (C=O) groups is 3.